The van der Waals surface area contributed by atoms with E-state index in [1.165, 1.54) is 12.1 Å². The average Bonchev–Trinajstić information content (AvgIpc) is 2.95. The van der Waals surface area contributed by atoms with Crippen LogP contribution in [0.5, 0.6) is 5.75 Å². The van der Waals surface area contributed by atoms with E-state index in [4.69, 9.17) is 4.74 Å². The maximum atomic E-state index is 12.3. The summed E-state index contributed by atoms with van der Waals surface area (Å²) in [6.45, 7) is 3.66. The van der Waals surface area contributed by atoms with E-state index in [2.05, 4.69) is 9.46 Å². The fraction of sp³-hybridized carbons (Fsp3) is 0.250. The third-order valence-electron chi connectivity index (χ3n) is 4.60. The Morgan fingerprint density at radius 1 is 1.21 bits per heavy atom. The van der Waals surface area contributed by atoms with Crippen LogP contribution in [0.2, 0.25) is 0 Å². The molecule has 1 heterocycles. The zero-order valence-corrected chi connectivity index (χ0v) is 19.9. The van der Waals surface area contributed by atoms with Crippen LogP contribution in [0.3, 0.4) is 0 Å². The number of methoxy groups -OCH3 is 1. The van der Waals surface area contributed by atoms with Gasteiger partial charge in [-0.15, -0.1) is 0 Å². The molecule has 1 aliphatic heterocycles. The van der Waals surface area contributed by atoms with Crippen LogP contribution in [0.15, 0.2) is 42.4 Å². The first kappa shape index (κ1) is 24.2. The number of hydrogen-bond donors (Lipinski definition) is 3. The van der Waals surface area contributed by atoms with Crippen molar-refractivity contribution in [3.63, 3.8) is 0 Å². The third-order valence-corrected chi connectivity index (χ3v) is 6.46. The summed E-state index contributed by atoms with van der Waals surface area (Å²) >= 11 is 0. The molecule has 0 spiro atoms. The van der Waals surface area contributed by atoms with E-state index in [0.29, 0.717) is 16.8 Å². The summed E-state index contributed by atoms with van der Waals surface area (Å²) in [6.07, 6.45) is 1.15. The second-order valence-electron chi connectivity index (χ2n) is 7.44. The van der Waals surface area contributed by atoms with E-state index in [-0.39, 0.29) is 17.9 Å². The van der Waals surface area contributed by atoms with Crippen LogP contribution in [0.4, 0.5) is 16.2 Å². The number of hydrogen-bond acceptors (Lipinski definition) is 8. The fourth-order valence-corrected chi connectivity index (χ4v) is 5.12. The van der Waals surface area contributed by atoms with Gasteiger partial charge in [0.2, 0.25) is 15.9 Å². The van der Waals surface area contributed by atoms with Gasteiger partial charge in [-0.25, -0.2) is 22.2 Å². The van der Waals surface area contributed by atoms with Gasteiger partial charge in [0.15, 0.2) is 5.75 Å². The van der Waals surface area contributed by atoms with Crippen molar-refractivity contribution < 1.29 is 36.2 Å². The number of carbonyl (C=O) groups excluding carboxylic acids is 1. The van der Waals surface area contributed by atoms with Crippen LogP contribution < -0.4 is 18.5 Å². The predicted molar refractivity (Wildman–Crippen MR) is 122 cm³/mol. The molecule has 13 heteroatoms. The van der Waals surface area contributed by atoms with Crippen LogP contribution in [0, 0.1) is 13.8 Å². The molecule has 0 saturated carbocycles. The highest BCUT2D eigenvalue weighted by atomic mass is 32.2. The Bertz CT molecular complexity index is 1350. The van der Waals surface area contributed by atoms with Crippen LogP contribution in [-0.4, -0.2) is 41.5 Å². The fourth-order valence-electron chi connectivity index (χ4n) is 3.40. The van der Waals surface area contributed by atoms with E-state index in [1.807, 2.05) is 23.8 Å². The van der Waals surface area contributed by atoms with Gasteiger partial charge < -0.3 is 14.6 Å². The number of nitrogens with zero attached hydrogens (tertiary/aromatic N) is 1. The molecule has 0 atom stereocenters. The molecule has 3 rings (SSSR count). The minimum atomic E-state index is -4.13. The van der Waals surface area contributed by atoms with Crippen molar-refractivity contribution >= 4 is 37.8 Å². The first-order valence-electron chi connectivity index (χ1n) is 9.48. The normalized spacial score (nSPS) is 14.9. The predicted octanol–water partition coefficient (Wildman–Crippen LogP) is 2.42. The Labute approximate surface area is 191 Å². The lowest BCUT2D eigenvalue weighted by Crippen LogP contribution is -2.30. The first-order valence-corrected chi connectivity index (χ1v) is 12.8. The SMILES string of the molecule is COC(=O)Oc1cc(Cc2cc(C)cc(C)c2NS(C)(=O)=O)ccc1N1C=C(O)NS1(=O)=O. The van der Waals surface area contributed by atoms with Crippen LogP contribution >= 0.6 is 0 Å². The summed E-state index contributed by atoms with van der Waals surface area (Å²) < 4.78 is 63.1. The molecular weight excluding hydrogens is 474 g/mol. The highest BCUT2D eigenvalue weighted by Gasteiger charge is 2.31. The molecule has 2 aromatic rings. The molecule has 0 bridgehead atoms. The Morgan fingerprint density at radius 3 is 2.48 bits per heavy atom. The molecule has 0 aromatic heterocycles. The summed E-state index contributed by atoms with van der Waals surface area (Å²) in [5, 5.41) is 9.58. The maximum Gasteiger partial charge on any atom is 0.513 e. The minimum Gasteiger partial charge on any atom is -0.493 e. The topological polar surface area (TPSA) is 151 Å². The Hall–Kier alpha value is -3.45. The van der Waals surface area contributed by atoms with Crippen molar-refractivity contribution in [1.82, 2.24) is 4.72 Å². The average molecular weight is 498 g/mol. The van der Waals surface area contributed by atoms with E-state index in [0.717, 1.165) is 35.0 Å². The van der Waals surface area contributed by atoms with Crippen molar-refractivity contribution in [2.75, 3.05) is 22.4 Å². The molecule has 1 aliphatic rings. The van der Waals surface area contributed by atoms with Gasteiger partial charge in [-0.05, 0) is 49.1 Å². The van der Waals surface area contributed by atoms with Crippen molar-refractivity contribution in [3.05, 3.63) is 64.7 Å². The van der Waals surface area contributed by atoms with Gasteiger partial charge in [-0.3, -0.25) is 4.72 Å². The molecule has 0 amide bonds. The summed E-state index contributed by atoms with van der Waals surface area (Å²) in [5.74, 6) is -0.743. The highest BCUT2D eigenvalue weighted by Crippen LogP contribution is 2.35. The number of aliphatic hydroxyl groups excluding tert-OH is 1. The molecule has 0 unspecified atom stereocenters. The Morgan fingerprint density at radius 2 is 1.91 bits per heavy atom. The number of rotatable bonds is 6. The van der Waals surface area contributed by atoms with E-state index in [1.54, 1.807) is 13.0 Å². The quantitative estimate of drug-likeness (QED) is 0.407. The molecule has 11 nitrogen and oxygen atoms in total. The lowest BCUT2D eigenvalue weighted by molar-refractivity contribution is 0.121. The number of aliphatic hydroxyl groups is 1. The van der Waals surface area contributed by atoms with E-state index >= 15 is 0 Å². The maximum absolute atomic E-state index is 12.3. The van der Waals surface area contributed by atoms with Crippen molar-refractivity contribution in [1.29, 1.82) is 0 Å². The summed E-state index contributed by atoms with van der Waals surface area (Å²) in [6, 6.07) is 8.10. The van der Waals surface area contributed by atoms with E-state index < -0.39 is 32.3 Å². The lowest BCUT2D eigenvalue weighted by Gasteiger charge is -2.19. The summed E-state index contributed by atoms with van der Waals surface area (Å²) in [7, 11) is -6.57. The van der Waals surface area contributed by atoms with Gasteiger partial charge in [0.25, 0.3) is 0 Å². The zero-order chi connectivity index (χ0) is 24.6. The third kappa shape index (κ3) is 5.68. The lowest BCUT2D eigenvalue weighted by atomic mass is 9.98. The number of sulfonamides is 1. The van der Waals surface area contributed by atoms with Gasteiger partial charge in [0.1, 0.15) is 5.69 Å². The highest BCUT2D eigenvalue weighted by molar-refractivity contribution is 7.92. The van der Waals surface area contributed by atoms with Crippen molar-refractivity contribution in [2.45, 2.75) is 20.3 Å². The molecule has 0 fully saturated rings. The van der Waals surface area contributed by atoms with Gasteiger partial charge in [-0.1, -0.05) is 23.8 Å². The number of aryl methyl sites for hydroxylation is 2. The molecule has 178 valence electrons. The monoisotopic (exact) mass is 497 g/mol. The van der Waals surface area contributed by atoms with Crippen LogP contribution in [0.25, 0.3) is 0 Å². The molecular formula is C20H23N3O8S2. The van der Waals surface area contributed by atoms with Gasteiger partial charge in [0.05, 0.1) is 25.3 Å². The molecule has 3 N–H and O–H groups in total. The van der Waals surface area contributed by atoms with Gasteiger partial charge in [-0.2, -0.15) is 8.42 Å². The summed E-state index contributed by atoms with van der Waals surface area (Å²) in [4.78, 5) is 11.8. The number of carbonyl (C=O) groups is 1. The van der Waals surface area contributed by atoms with Gasteiger partial charge >= 0.3 is 16.4 Å². The van der Waals surface area contributed by atoms with Crippen LogP contribution in [-0.2, 0) is 31.4 Å². The molecule has 0 saturated heterocycles. The molecule has 2 aromatic carbocycles. The minimum absolute atomic E-state index is 0.0457. The van der Waals surface area contributed by atoms with Crippen molar-refractivity contribution in [3.8, 4) is 5.75 Å². The number of benzene rings is 2. The molecule has 0 radical (unpaired) electrons. The molecule has 33 heavy (non-hydrogen) atoms. The smallest absolute Gasteiger partial charge is 0.493 e. The first-order chi connectivity index (χ1) is 15.3. The zero-order valence-electron chi connectivity index (χ0n) is 18.2. The summed E-state index contributed by atoms with van der Waals surface area (Å²) in [5.41, 5.74) is 3.30. The van der Waals surface area contributed by atoms with Gasteiger partial charge in [0, 0.05) is 0 Å². The number of ether oxygens (including phenoxy) is 2. The molecule has 0 aliphatic carbocycles. The second-order valence-corrected chi connectivity index (χ2v) is 10.7. The second kappa shape index (κ2) is 8.83. The number of anilines is 2. The number of nitrogens with one attached hydrogen (secondary N) is 2. The largest absolute Gasteiger partial charge is 0.513 e. The Kier molecular flexibility index (Phi) is 6.47. The van der Waals surface area contributed by atoms with Crippen molar-refractivity contribution in [2.24, 2.45) is 0 Å². The van der Waals surface area contributed by atoms with E-state index in [9.17, 15) is 26.7 Å². The standard InChI is InChI=1S/C20H23N3O8S2/c1-12-7-13(2)19(22-32(4,26)27)15(8-12)9-14-5-6-16(17(10-14)31-20(25)30-3)23-11-18(24)21-33(23,28)29/h5-8,10-11,21-22,24H,9H2,1-4H3. The van der Waals surface area contributed by atoms with Crippen LogP contribution in [0.1, 0.15) is 22.3 Å². The Balaban J connectivity index is 2.08.